The van der Waals surface area contributed by atoms with Gasteiger partial charge in [-0.2, -0.15) is 24.9 Å². The molecular formula is C16H25F3IN3OS. The summed E-state index contributed by atoms with van der Waals surface area (Å²) in [5.41, 5.74) is -0.556. The molecule has 1 aromatic rings. The van der Waals surface area contributed by atoms with E-state index in [0.29, 0.717) is 12.5 Å². The van der Waals surface area contributed by atoms with Crippen LogP contribution in [-0.4, -0.2) is 37.7 Å². The zero-order valence-electron chi connectivity index (χ0n) is 14.7. The quantitative estimate of drug-likeness (QED) is 0.261. The average Bonchev–Trinajstić information content (AvgIpc) is 2.50. The van der Waals surface area contributed by atoms with E-state index >= 15 is 0 Å². The number of hydrogen-bond acceptors (Lipinski definition) is 3. The van der Waals surface area contributed by atoms with Crippen LogP contribution >= 0.6 is 35.7 Å². The van der Waals surface area contributed by atoms with E-state index in [1.807, 2.05) is 6.26 Å². The Balaban J connectivity index is 0.00000576. The predicted octanol–water partition coefficient (Wildman–Crippen LogP) is 4.14. The van der Waals surface area contributed by atoms with Crippen molar-refractivity contribution in [3.8, 4) is 5.75 Å². The molecule has 0 bridgehead atoms. The second kappa shape index (κ2) is 11.7. The molecular weight excluding hydrogens is 466 g/mol. The van der Waals surface area contributed by atoms with E-state index in [0.717, 1.165) is 11.8 Å². The first kappa shape index (κ1) is 24.2. The van der Waals surface area contributed by atoms with E-state index in [1.54, 1.807) is 38.7 Å². The molecule has 0 heterocycles. The van der Waals surface area contributed by atoms with Crippen molar-refractivity contribution >= 4 is 41.7 Å². The summed E-state index contributed by atoms with van der Waals surface area (Å²) in [6.07, 6.45) is -2.65. The molecule has 0 spiro atoms. The van der Waals surface area contributed by atoms with Crippen LogP contribution in [0.3, 0.4) is 0 Å². The predicted molar refractivity (Wildman–Crippen MR) is 109 cm³/mol. The second-order valence-corrected chi connectivity index (χ2v) is 6.31. The highest BCUT2D eigenvalue weighted by Gasteiger charge is 2.33. The number of nitrogens with zero attached hydrogens (tertiary/aromatic N) is 1. The second-order valence-electron chi connectivity index (χ2n) is 5.33. The number of ether oxygens (including phenoxy) is 1. The average molecular weight is 491 g/mol. The number of rotatable bonds is 7. The Bertz CT molecular complexity index is 554. The van der Waals surface area contributed by atoms with Crippen molar-refractivity contribution in [3.63, 3.8) is 0 Å². The smallest absolute Gasteiger partial charge is 0.416 e. The number of benzene rings is 1. The summed E-state index contributed by atoms with van der Waals surface area (Å²) in [7, 11) is 1.58. The molecule has 0 atom stereocenters. The number of aliphatic imine (C=N–C) groups is 1. The topological polar surface area (TPSA) is 45.7 Å². The summed E-state index contributed by atoms with van der Waals surface area (Å²) in [6, 6.07) is 4.03. The first-order valence-corrected chi connectivity index (χ1v) is 8.97. The van der Waals surface area contributed by atoms with Gasteiger partial charge >= 0.3 is 6.18 Å². The van der Waals surface area contributed by atoms with Gasteiger partial charge in [0.15, 0.2) is 5.96 Å². The van der Waals surface area contributed by atoms with Gasteiger partial charge in [0.25, 0.3) is 0 Å². The third-order valence-electron chi connectivity index (χ3n) is 3.03. The van der Waals surface area contributed by atoms with Crippen LogP contribution < -0.4 is 15.4 Å². The lowest BCUT2D eigenvalue weighted by Crippen LogP contribution is -2.38. The van der Waals surface area contributed by atoms with Crippen molar-refractivity contribution < 1.29 is 17.9 Å². The van der Waals surface area contributed by atoms with Crippen molar-refractivity contribution in [1.29, 1.82) is 0 Å². The Labute approximate surface area is 168 Å². The summed E-state index contributed by atoms with van der Waals surface area (Å²) in [6.45, 7) is 4.25. The monoisotopic (exact) mass is 491 g/mol. The molecule has 0 aliphatic heterocycles. The Morgan fingerprint density at radius 2 is 1.96 bits per heavy atom. The maximum absolute atomic E-state index is 13.3. The highest BCUT2D eigenvalue weighted by Crippen LogP contribution is 2.34. The van der Waals surface area contributed by atoms with Gasteiger partial charge in [-0.15, -0.1) is 24.0 Å². The number of nitrogens with one attached hydrogen (secondary N) is 2. The van der Waals surface area contributed by atoms with Gasteiger partial charge in [-0.05, 0) is 37.8 Å². The third kappa shape index (κ3) is 8.89. The molecule has 0 aliphatic carbocycles. The molecule has 0 saturated carbocycles. The molecule has 0 aromatic heterocycles. The van der Waals surface area contributed by atoms with Crippen molar-refractivity contribution in [2.75, 3.05) is 25.6 Å². The van der Waals surface area contributed by atoms with Gasteiger partial charge in [-0.25, -0.2) is 0 Å². The summed E-state index contributed by atoms with van der Waals surface area (Å²) in [4.78, 5) is 4.00. The molecule has 25 heavy (non-hydrogen) atoms. The lowest BCUT2D eigenvalue weighted by atomic mass is 10.1. The Kier molecular flexibility index (Phi) is 11.3. The zero-order chi connectivity index (χ0) is 18.2. The van der Waals surface area contributed by atoms with Gasteiger partial charge < -0.3 is 15.4 Å². The van der Waals surface area contributed by atoms with E-state index in [-0.39, 0.29) is 47.9 Å². The normalized spacial score (nSPS) is 11.9. The summed E-state index contributed by atoms with van der Waals surface area (Å²) in [5, 5.41) is 5.95. The van der Waals surface area contributed by atoms with Gasteiger partial charge in [0.1, 0.15) is 5.75 Å². The standard InChI is InChI=1S/C16H24F3N3OS.HI/c1-11(2)23-13-6-5-12(14(9-13)16(17,18)19)10-22-15(20-3)21-7-8-24-4;/h5-6,9,11H,7-8,10H2,1-4H3,(H2,20,21,22);1H. The van der Waals surface area contributed by atoms with E-state index in [1.165, 1.54) is 6.07 Å². The van der Waals surface area contributed by atoms with Crippen LogP contribution in [0.25, 0.3) is 0 Å². The summed E-state index contributed by atoms with van der Waals surface area (Å²) in [5.74, 6) is 1.57. The molecule has 0 fully saturated rings. The number of thioether (sulfide) groups is 1. The molecule has 9 heteroatoms. The van der Waals surface area contributed by atoms with Crippen LogP contribution in [0.5, 0.6) is 5.75 Å². The lowest BCUT2D eigenvalue weighted by molar-refractivity contribution is -0.138. The van der Waals surface area contributed by atoms with Gasteiger partial charge in [-0.1, -0.05) is 6.07 Å². The van der Waals surface area contributed by atoms with Crippen molar-refractivity contribution in [2.24, 2.45) is 4.99 Å². The fourth-order valence-corrected chi connectivity index (χ4v) is 2.30. The first-order valence-electron chi connectivity index (χ1n) is 7.58. The number of halogens is 4. The highest BCUT2D eigenvalue weighted by atomic mass is 127. The molecule has 144 valence electrons. The van der Waals surface area contributed by atoms with Gasteiger partial charge in [0.2, 0.25) is 0 Å². The van der Waals surface area contributed by atoms with Crippen LogP contribution in [-0.2, 0) is 12.7 Å². The van der Waals surface area contributed by atoms with Gasteiger partial charge in [0.05, 0.1) is 11.7 Å². The fourth-order valence-electron chi connectivity index (χ4n) is 1.99. The van der Waals surface area contributed by atoms with Crippen molar-refractivity contribution in [2.45, 2.75) is 32.7 Å². The third-order valence-corrected chi connectivity index (χ3v) is 3.64. The minimum Gasteiger partial charge on any atom is -0.491 e. The summed E-state index contributed by atoms with van der Waals surface area (Å²) >= 11 is 1.67. The number of guanidine groups is 1. The van der Waals surface area contributed by atoms with E-state index in [9.17, 15) is 13.2 Å². The Morgan fingerprint density at radius 3 is 2.48 bits per heavy atom. The van der Waals surface area contributed by atoms with Crippen molar-refractivity contribution in [3.05, 3.63) is 29.3 Å². The maximum Gasteiger partial charge on any atom is 0.416 e. The molecule has 0 amide bonds. The molecule has 0 aliphatic rings. The summed E-state index contributed by atoms with van der Waals surface area (Å²) < 4.78 is 45.2. The molecule has 1 aromatic carbocycles. The molecule has 1 rings (SSSR count). The van der Waals surface area contributed by atoms with E-state index in [2.05, 4.69) is 15.6 Å². The Hall–Kier alpha value is -0.840. The molecule has 0 saturated heterocycles. The number of hydrogen-bond donors (Lipinski definition) is 2. The van der Waals surface area contributed by atoms with Crippen LogP contribution in [0.15, 0.2) is 23.2 Å². The zero-order valence-corrected chi connectivity index (χ0v) is 17.9. The maximum atomic E-state index is 13.3. The van der Waals surface area contributed by atoms with Crippen molar-refractivity contribution in [1.82, 2.24) is 10.6 Å². The first-order chi connectivity index (χ1) is 11.3. The minimum absolute atomic E-state index is 0. The van der Waals surface area contributed by atoms with E-state index in [4.69, 9.17) is 4.74 Å². The Morgan fingerprint density at radius 1 is 1.28 bits per heavy atom. The van der Waals surface area contributed by atoms with Gasteiger partial charge in [-0.3, -0.25) is 4.99 Å². The minimum atomic E-state index is -4.44. The molecule has 2 N–H and O–H groups in total. The van der Waals surface area contributed by atoms with Crippen LogP contribution in [0, 0.1) is 0 Å². The van der Waals surface area contributed by atoms with Gasteiger partial charge in [0, 0.05) is 25.9 Å². The molecule has 0 radical (unpaired) electrons. The van der Waals surface area contributed by atoms with Crippen LogP contribution in [0.2, 0.25) is 0 Å². The van der Waals surface area contributed by atoms with Crippen LogP contribution in [0.1, 0.15) is 25.0 Å². The SMILES string of the molecule is CN=C(NCCSC)NCc1ccc(OC(C)C)cc1C(F)(F)F.I. The lowest BCUT2D eigenvalue weighted by Gasteiger charge is -2.18. The molecule has 4 nitrogen and oxygen atoms in total. The number of alkyl halides is 3. The van der Waals surface area contributed by atoms with Crippen LogP contribution in [0.4, 0.5) is 13.2 Å². The molecule has 0 unspecified atom stereocenters. The fraction of sp³-hybridized carbons (Fsp3) is 0.562. The highest BCUT2D eigenvalue weighted by molar-refractivity contribution is 14.0. The van der Waals surface area contributed by atoms with E-state index < -0.39 is 11.7 Å². The largest absolute Gasteiger partial charge is 0.491 e.